The third-order valence-corrected chi connectivity index (χ3v) is 3.30. The van der Waals surface area contributed by atoms with Crippen LogP contribution in [-0.4, -0.2) is 10.9 Å². The van der Waals surface area contributed by atoms with E-state index in [4.69, 9.17) is 11.6 Å². The molecule has 0 bridgehead atoms. The van der Waals surface area contributed by atoms with Crippen LogP contribution in [0.4, 0.5) is 5.69 Å². The van der Waals surface area contributed by atoms with Crippen molar-refractivity contribution in [1.29, 1.82) is 0 Å². The lowest BCUT2D eigenvalue weighted by Crippen LogP contribution is -2.12. The fraction of sp³-hybridized carbons (Fsp3) is 0.0769. The number of hydrogen-bond donors (Lipinski definition) is 1. The minimum atomic E-state index is -0.213. The highest BCUT2D eigenvalue weighted by Gasteiger charge is 2.07. The molecule has 2 aromatic rings. The van der Waals surface area contributed by atoms with Crippen molar-refractivity contribution >= 4 is 39.1 Å². The van der Waals surface area contributed by atoms with Gasteiger partial charge in [0.1, 0.15) is 4.60 Å². The van der Waals surface area contributed by atoms with E-state index in [2.05, 4.69) is 26.2 Å². The Kier molecular flexibility index (Phi) is 3.99. The first-order chi connectivity index (χ1) is 8.56. The van der Waals surface area contributed by atoms with Crippen LogP contribution in [0, 0.1) is 6.92 Å². The molecule has 1 aromatic carbocycles. The predicted molar refractivity (Wildman–Crippen MR) is 76.1 cm³/mol. The van der Waals surface area contributed by atoms with Gasteiger partial charge in [0.2, 0.25) is 0 Å². The minimum Gasteiger partial charge on any atom is -0.322 e. The van der Waals surface area contributed by atoms with Gasteiger partial charge in [-0.25, -0.2) is 4.98 Å². The van der Waals surface area contributed by atoms with Crippen LogP contribution in [-0.2, 0) is 0 Å². The smallest absolute Gasteiger partial charge is 0.257 e. The molecule has 0 radical (unpaired) electrons. The summed E-state index contributed by atoms with van der Waals surface area (Å²) >= 11 is 9.21. The molecule has 1 amide bonds. The van der Waals surface area contributed by atoms with Gasteiger partial charge in [-0.2, -0.15) is 0 Å². The quantitative estimate of drug-likeness (QED) is 0.846. The first kappa shape index (κ1) is 13.1. The highest BCUT2D eigenvalue weighted by Crippen LogP contribution is 2.20. The van der Waals surface area contributed by atoms with E-state index in [0.717, 1.165) is 5.56 Å². The molecule has 92 valence electrons. The number of benzene rings is 1. The Balaban J connectivity index is 2.16. The molecule has 18 heavy (non-hydrogen) atoms. The zero-order chi connectivity index (χ0) is 13.1. The molecular weight excluding hydrogens is 316 g/mol. The van der Waals surface area contributed by atoms with Gasteiger partial charge in [-0.3, -0.25) is 4.79 Å². The van der Waals surface area contributed by atoms with E-state index in [0.29, 0.717) is 20.9 Å². The molecule has 0 unspecified atom stereocenters. The van der Waals surface area contributed by atoms with Gasteiger partial charge in [-0.15, -0.1) is 0 Å². The number of anilines is 1. The molecule has 1 heterocycles. The van der Waals surface area contributed by atoms with Crippen LogP contribution in [0.2, 0.25) is 5.02 Å². The molecule has 0 atom stereocenters. The van der Waals surface area contributed by atoms with Crippen molar-refractivity contribution < 1.29 is 4.79 Å². The number of pyridine rings is 1. The highest BCUT2D eigenvalue weighted by atomic mass is 79.9. The fourth-order valence-corrected chi connectivity index (χ4v) is 1.80. The van der Waals surface area contributed by atoms with Gasteiger partial charge in [0.15, 0.2) is 0 Å². The molecule has 0 spiro atoms. The second kappa shape index (κ2) is 5.50. The van der Waals surface area contributed by atoms with Crippen LogP contribution in [0.15, 0.2) is 41.1 Å². The average Bonchev–Trinajstić information content (AvgIpc) is 2.34. The Morgan fingerprint density at radius 3 is 2.72 bits per heavy atom. The Bertz CT molecular complexity index is 584. The van der Waals surface area contributed by atoms with Crippen molar-refractivity contribution in [1.82, 2.24) is 4.98 Å². The molecule has 1 N–H and O–H groups in total. The fourth-order valence-electron chi connectivity index (χ4n) is 1.38. The van der Waals surface area contributed by atoms with E-state index in [9.17, 15) is 4.79 Å². The van der Waals surface area contributed by atoms with Gasteiger partial charge in [-0.1, -0.05) is 17.7 Å². The van der Waals surface area contributed by atoms with E-state index >= 15 is 0 Å². The standard InChI is InChI=1S/C13H10BrClN2O/c1-8-2-4-10(6-11(8)15)17-13(18)9-3-5-12(14)16-7-9/h2-7H,1H3,(H,17,18). The largest absolute Gasteiger partial charge is 0.322 e. The van der Waals surface area contributed by atoms with Crippen molar-refractivity contribution in [3.8, 4) is 0 Å². The number of hydrogen-bond acceptors (Lipinski definition) is 2. The maximum Gasteiger partial charge on any atom is 0.257 e. The van der Waals surface area contributed by atoms with E-state index in [-0.39, 0.29) is 5.91 Å². The van der Waals surface area contributed by atoms with Gasteiger partial charge in [0.05, 0.1) is 5.56 Å². The Labute approximate surface area is 118 Å². The molecule has 3 nitrogen and oxygen atoms in total. The first-order valence-corrected chi connectivity index (χ1v) is 6.42. The summed E-state index contributed by atoms with van der Waals surface area (Å²) in [4.78, 5) is 15.9. The van der Waals surface area contributed by atoms with Crippen molar-refractivity contribution in [2.24, 2.45) is 0 Å². The second-order valence-corrected chi connectivity index (χ2v) is 5.01. The van der Waals surface area contributed by atoms with E-state index in [1.165, 1.54) is 6.20 Å². The minimum absolute atomic E-state index is 0.213. The number of amides is 1. The van der Waals surface area contributed by atoms with Crippen LogP contribution in [0.1, 0.15) is 15.9 Å². The highest BCUT2D eigenvalue weighted by molar-refractivity contribution is 9.10. The molecule has 0 fully saturated rings. The lowest BCUT2D eigenvalue weighted by Gasteiger charge is -2.06. The molecule has 0 aliphatic rings. The molecule has 1 aromatic heterocycles. The third-order valence-electron chi connectivity index (χ3n) is 2.42. The summed E-state index contributed by atoms with van der Waals surface area (Å²) in [5.74, 6) is -0.213. The van der Waals surface area contributed by atoms with E-state index in [1.54, 1.807) is 18.2 Å². The molecule has 0 saturated heterocycles. The molecule has 0 aliphatic heterocycles. The Morgan fingerprint density at radius 2 is 2.11 bits per heavy atom. The Hall–Kier alpha value is -1.39. The summed E-state index contributed by atoms with van der Waals surface area (Å²) in [5.41, 5.74) is 2.13. The van der Waals surface area contributed by atoms with Gasteiger partial charge in [-0.05, 0) is 52.7 Å². The van der Waals surface area contributed by atoms with Crippen LogP contribution < -0.4 is 5.32 Å². The number of aromatic nitrogens is 1. The maximum atomic E-state index is 11.9. The first-order valence-electron chi connectivity index (χ1n) is 5.25. The number of halogens is 2. The SMILES string of the molecule is Cc1ccc(NC(=O)c2ccc(Br)nc2)cc1Cl. The molecule has 2 rings (SSSR count). The van der Waals surface area contributed by atoms with Gasteiger partial charge < -0.3 is 5.32 Å². The number of nitrogens with one attached hydrogen (secondary N) is 1. The number of rotatable bonds is 2. The topological polar surface area (TPSA) is 42.0 Å². The summed E-state index contributed by atoms with van der Waals surface area (Å²) in [6.07, 6.45) is 1.51. The van der Waals surface area contributed by atoms with Crippen LogP contribution in [0.5, 0.6) is 0 Å². The van der Waals surface area contributed by atoms with Gasteiger partial charge in [0, 0.05) is 16.9 Å². The molecule has 5 heteroatoms. The van der Waals surface area contributed by atoms with E-state index in [1.807, 2.05) is 19.1 Å². The van der Waals surface area contributed by atoms with Crippen LogP contribution >= 0.6 is 27.5 Å². The summed E-state index contributed by atoms with van der Waals surface area (Å²) in [6, 6.07) is 8.81. The lowest BCUT2D eigenvalue weighted by atomic mass is 10.2. The number of nitrogens with zero attached hydrogens (tertiary/aromatic N) is 1. The van der Waals surface area contributed by atoms with Crippen LogP contribution in [0.25, 0.3) is 0 Å². The summed E-state index contributed by atoms with van der Waals surface area (Å²) < 4.78 is 0.692. The number of aryl methyl sites for hydroxylation is 1. The second-order valence-electron chi connectivity index (χ2n) is 3.79. The van der Waals surface area contributed by atoms with Crippen molar-refractivity contribution in [2.75, 3.05) is 5.32 Å². The predicted octanol–water partition coefficient (Wildman–Crippen LogP) is 4.06. The number of carbonyl (C=O) groups excluding carboxylic acids is 1. The molecule has 0 saturated carbocycles. The molecular formula is C13H10BrClN2O. The van der Waals surface area contributed by atoms with Crippen molar-refractivity contribution in [2.45, 2.75) is 6.92 Å². The van der Waals surface area contributed by atoms with Crippen molar-refractivity contribution in [3.63, 3.8) is 0 Å². The van der Waals surface area contributed by atoms with Crippen molar-refractivity contribution in [3.05, 3.63) is 57.3 Å². The van der Waals surface area contributed by atoms with Gasteiger partial charge in [0.25, 0.3) is 5.91 Å². The lowest BCUT2D eigenvalue weighted by molar-refractivity contribution is 0.102. The third kappa shape index (κ3) is 3.09. The monoisotopic (exact) mass is 324 g/mol. The average molecular weight is 326 g/mol. The zero-order valence-electron chi connectivity index (χ0n) is 9.58. The zero-order valence-corrected chi connectivity index (χ0v) is 11.9. The summed E-state index contributed by atoms with van der Waals surface area (Å²) in [7, 11) is 0. The molecule has 0 aliphatic carbocycles. The normalized spacial score (nSPS) is 10.2. The maximum absolute atomic E-state index is 11.9. The van der Waals surface area contributed by atoms with E-state index < -0.39 is 0 Å². The summed E-state index contributed by atoms with van der Waals surface area (Å²) in [5, 5.41) is 3.39. The number of carbonyl (C=O) groups is 1. The summed E-state index contributed by atoms with van der Waals surface area (Å²) in [6.45, 7) is 1.91. The van der Waals surface area contributed by atoms with Crippen LogP contribution in [0.3, 0.4) is 0 Å². The Morgan fingerprint density at radius 1 is 1.33 bits per heavy atom. The van der Waals surface area contributed by atoms with Gasteiger partial charge >= 0.3 is 0 Å².